The van der Waals surface area contributed by atoms with Crippen molar-refractivity contribution in [1.82, 2.24) is 9.80 Å². The Labute approximate surface area is 149 Å². The molecular formula is C21H24N2O2. The summed E-state index contributed by atoms with van der Waals surface area (Å²) >= 11 is 0. The Bertz CT molecular complexity index is 760. The van der Waals surface area contributed by atoms with E-state index < -0.39 is 5.78 Å². The average molecular weight is 336 g/mol. The van der Waals surface area contributed by atoms with Crippen LogP contribution >= 0.6 is 0 Å². The van der Waals surface area contributed by atoms with Crippen LogP contribution in [-0.4, -0.2) is 47.7 Å². The summed E-state index contributed by atoms with van der Waals surface area (Å²) in [6, 6.07) is 15.7. The summed E-state index contributed by atoms with van der Waals surface area (Å²) in [5.74, 6) is -0.800. The second-order valence-electron chi connectivity index (χ2n) is 6.75. The molecule has 3 rings (SSSR count). The van der Waals surface area contributed by atoms with E-state index >= 15 is 0 Å². The van der Waals surface area contributed by atoms with Crippen LogP contribution in [0.2, 0.25) is 0 Å². The third-order valence-corrected chi connectivity index (χ3v) is 4.66. The zero-order valence-electron chi connectivity index (χ0n) is 14.9. The van der Waals surface area contributed by atoms with Crippen LogP contribution in [0.3, 0.4) is 0 Å². The normalized spacial score (nSPS) is 15.2. The molecule has 0 radical (unpaired) electrons. The number of nitrogens with zero attached hydrogens (tertiary/aromatic N) is 2. The van der Waals surface area contributed by atoms with Crippen molar-refractivity contribution in [3.8, 4) is 0 Å². The molecule has 1 amide bonds. The predicted octanol–water partition coefficient (Wildman–Crippen LogP) is 2.83. The molecule has 1 aliphatic rings. The molecule has 0 spiro atoms. The van der Waals surface area contributed by atoms with Gasteiger partial charge in [-0.3, -0.25) is 14.5 Å². The Hall–Kier alpha value is -2.46. The fourth-order valence-corrected chi connectivity index (χ4v) is 3.15. The van der Waals surface area contributed by atoms with Crippen LogP contribution in [0.4, 0.5) is 0 Å². The topological polar surface area (TPSA) is 40.6 Å². The van der Waals surface area contributed by atoms with Crippen LogP contribution < -0.4 is 0 Å². The van der Waals surface area contributed by atoms with Gasteiger partial charge in [0.25, 0.3) is 5.91 Å². The zero-order chi connectivity index (χ0) is 17.8. The van der Waals surface area contributed by atoms with Crippen LogP contribution in [0, 0.1) is 13.8 Å². The van der Waals surface area contributed by atoms with Gasteiger partial charge in [-0.05, 0) is 19.4 Å². The molecule has 1 heterocycles. The van der Waals surface area contributed by atoms with Crippen LogP contribution in [0.25, 0.3) is 0 Å². The molecule has 1 fully saturated rings. The molecule has 1 saturated heterocycles. The molecule has 0 N–H and O–H groups in total. The van der Waals surface area contributed by atoms with Gasteiger partial charge in [-0.2, -0.15) is 0 Å². The molecular weight excluding hydrogens is 312 g/mol. The van der Waals surface area contributed by atoms with Gasteiger partial charge in [0.05, 0.1) is 0 Å². The molecule has 25 heavy (non-hydrogen) atoms. The van der Waals surface area contributed by atoms with E-state index in [1.807, 2.05) is 19.1 Å². The lowest BCUT2D eigenvalue weighted by molar-refractivity contribution is -0.128. The van der Waals surface area contributed by atoms with Crippen molar-refractivity contribution >= 4 is 11.7 Å². The largest absolute Gasteiger partial charge is 0.333 e. The molecule has 2 aromatic rings. The standard InChI is InChI=1S/C21H24N2O2/c1-16-6-8-19(9-7-16)20(24)21(25)23-12-10-22(11-13-23)15-18-5-3-4-17(2)14-18/h3-9,14H,10-13,15H2,1-2H3. The SMILES string of the molecule is Cc1ccc(C(=O)C(=O)N2CCN(Cc3cccc(C)c3)CC2)cc1. The highest BCUT2D eigenvalue weighted by molar-refractivity contribution is 6.42. The van der Waals surface area contributed by atoms with Crippen molar-refractivity contribution in [1.29, 1.82) is 0 Å². The number of aryl methyl sites for hydroxylation is 2. The summed E-state index contributed by atoms with van der Waals surface area (Å²) < 4.78 is 0. The van der Waals surface area contributed by atoms with Gasteiger partial charge in [-0.15, -0.1) is 0 Å². The smallest absolute Gasteiger partial charge is 0.295 e. The van der Waals surface area contributed by atoms with E-state index in [1.165, 1.54) is 11.1 Å². The van der Waals surface area contributed by atoms with E-state index in [1.54, 1.807) is 17.0 Å². The fraction of sp³-hybridized carbons (Fsp3) is 0.333. The van der Waals surface area contributed by atoms with Crippen LogP contribution in [-0.2, 0) is 11.3 Å². The molecule has 1 aliphatic heterocycles. The molecule has 0 aromatic heterocycles. The van der Waals surface area contributed by atoms with Crippen molar-refractivity contribution in [3.63, 3.8) is 0 Å². The van der Waals surface area contributed by atoms with Crippen molar-refractivity contribution in [2.75, 3.05) is 26.2 Å². The Balaban J connectivity index is 1.55. The highest BCUT2D eigenvalue weighted by Gasteiger charge is 2.26. The Kier molecular flexibility index (Phi) is 5.29. The van der Waals surface area contributed by atoms with E-state index in [4.69, 9.17) is 0 Å². The number of piperazine rings is 1. The number of amides is 1. The molecule has 2 aromatic carbocycles. The molecule has 0 bridgehead atoms. The van der Waals surface area contributed by atoms with Crippen LogP contribution in [0.1, 0.15) is 27.0 Å². The first-order valence-corrected chi connectivity index (χ1v) is 8.71. The second kappa shape index (κ2) is 7.62. The minimum atomic E-state index is -0.410. The van der Waals surface area contributed by atoms with Crippen molar-refractivity contribution in [2.24, 2.45) is 0 Å². The number of carbonyl (C=O) groups is 2. The van der Waals surface area contributed by atoms with Gasteiger partial charge in [0.1, 0.15) is 0 Å². The predicted molar refractivity (Wildman–Crippen MR) is 98.5 cm³/mol. The lowest BCUT2D eigenvalue weighted by Gasteiger charge is -2.34. The summed E-state index contributed by atoms with van der Waals surface area (Å²) in [5.41, 5.74) is 4.09. The van der Waals surface area contributed by atoms with E-state index in [9.17, 15) is 9.59 Å². The number of Topliss-reactive ketones (excluding diaryl/α,β-unsaturated/α-hetero) is 1. The van der Waals surface area contributed by atoms with Crippen LogP contribution in [0.15, 0.2) is 48.5 Å². The highest BCUT2D eigenvalue weighted by atomic mass is 16.2. The van der Waals surface area contributed by atoms with Gasteiger partial charge in [-0.25, -0.2) is 0 Å². The minimum absolute atomic E-state index is 0.390. The lowest BCUT2D eigenvalue weighted by Crippen LogP contribution is -2.50. The Morgan fingerprint density at radius 2 is 1.56 bits per heavy atom. The Morgan fingerprint density at radius 1 is 0.880 bits per heavy atom. The number of ketones is 1. The number of rotatable bonds is 4. The summed E-state index contributed by atoms with van der Waals surface area (Å²) in [7, 11) is 0. The average Bonchev–Trinajstić information content (AvgIpc) is 2.62. The first-order chi connectivity index (χ1) is 12.0. The van der Waals surface area contributed by atoms with Crippen molar-refractivity contribution < 1.29 is 9.59 Å². The Morgan fingerprint density at radius 3 is 2.20 bits per heavy atom. The lowest BCUT2D eigenvalue weighted by atomic mass is 10.1. The highest BCUT2D eigenvalue weighted by Crippen LogP contribution is 2.12. The third kappa shape index (κ3) is 4.34. The molecule has 0 saturated carbocycles. The van der Waals surface area contributed by atoms with Gasteiger partial charge >= 0.3 is 0 Å². The monoisotopic (exact) mass is 336 g/mol. The molecule has 0 aliphatic carbocycles. The van der Waals surface area contributed by atoms with Gasteiger partial charge in [0.2, 0.25) is 5.78 Å². The number of benzene rings is 2. The van der Waals surface area contributed by atoms with E-state index in [-0.39, 0.29) is 5.91 Å². The second-order valence-corrected chi connectivity index (χ2v) is 6.75. The van der Waals surface area contributed by atoms with Gasteiger partial charge in [0.15, 0.2) is 0 Å². The number of hydrogen-bond donors (Lipinski definition) is 0. The molecule has 130 valence electrons. The van der Waals surface area contributed by atoms with E-state index in [0.717, 1.165) is 25.2 Å². The van der Waals surface area contributed by atoms with Gasteiger partial charge in [0, 0.05) is 38.3 Å². The number of hydrogen-bond acceptors (Lipinski definition) is 3. The maximum atomic E-state index is 12.5. The van der Waals surface area contributed by atoms with Gasteiger partial charge in [-0.1, -0.05) is 59.7 Å². The first-order valence-electron chi connectivity index (χ1n) is 8.71. The molecule has 0 unspecified atom stereocenters. The number of carbonyl (C=O) groups excluding carboxylic acids is 2. The maximum absolute atomic E-state index is 12.5. The van der Waals surface area contributed by atoms with E-state index in [0.29, 0.717) is 18.7 Å². The summed E-state index contributed by atoms with van der Waals surface area (Å²) in [6.07, 6.45) is 0. The van der Waals surface area contributed by atoms with Gasteiger partial charge < -0.3 is 4.90 Å². The molecule has 4 heteroatoms. The van der Waals surface area contributed by atoms with Crippen molar-refractivity contribution in [2.45, 2.75) is 20.4 Å². The molecule has 0 atom stereocenters. The summed E-state index contributed by atoms with van der Waals surface area (Å²) in [4.78, 5) is 28.8. The zero-order valence-corrected chi connectivity index (χ0v) is 14.9. The molecule has 4 nitrogen and oxygen atoms in total. The third-order valence-electron chi connectivity index (χ3n) is 4.66. The first kappa shape index (κ1) is 17.4. The fourth-order valence-electron chi connectivity index (χ4n) is 3.15. The van der Waals surface area contributed by atoms with Crippen LogP contribution in [0.5, 0.6) is 0 Å². The summed E-state index contributed by atoms with van der Waals surface area (Å²) in [5, 5.41) is 0. The van der Waals surface area contributed by atoms with Crippen molar-refractivity contribution in [3.05, 3.63) is 70.8 Å². The summed E-state index contributed by atoms with van der Waals surface area (Å²) in [6.45, 7) is 7.72. The quantitative estimate of drug-likeness (QED) is 0.637. The minimum Gasteiger partial charge on any atom is -0.333 e. The maximum Gasteiger partial charge on any atom is 0.295 e. The van der Waals surface area contributed by atoms with E-state index in [2.05, 4.69) is 36.1 Å².